The maximum atomic E-state index is 12.4. The molecule has 38 heavy (non-hydrogen) atoms. The van der Waals surface area contributed by atoms with Crippen molar-refractivity contribution in [1.82, 2.24) is 0 Å². The molecule has 0 heterocycles. The van der Waals surface area contributed by atoms with E-state index in [2.05, 4.69) is 68.1 Å². The van der Waals surface area contributed by atoms with Crippen LogP contribution in [0, 0.1) is 17.3 Å². The van der Waals surface area contributed by atoms with Gasteiger partial charge in [-0.1, -0.05) is 79.7 Å². The van der Waals surface area contributed by atoms with Crippen LogP contribution in [0.15, 0.2) is 91.5 Å². The minimum absolute atomic E-state index is 0.0378. The Bertz CT molecular complexity index is 1250. The lowest BCUT2D eigenvalue weighted by Crippen LogP contribution is -2.56. The molecule has 0 aromatic heterocycles. The summed E-state index contributed by atoms with van der Waals surface area (Å²) in [6, 6.07) is 27.3. The van der Waals surface area contributed by atoms with Crippen LogP contribution in [-0.4, -0.2) is 16.8 Å². The fourth-order valence-electron chi connectivity index (χ4n) is 8.21. The summed E-state index contributed by atoms with van der Waals surface area (Å²) < 4.78 is 12.8. The zero-order valence-electron chi connectivity index (χ0n) is 22.5. The van der Waals surface area contributed by atoms with Crippen LogP contribution >= 0.6 is 0 Å². The Morgan fingerprint density at radius 2 is 1.63 bits per heavy atom. The maximum absolute atomic E-state index is 12.4. The van der Waals surface area contributed by atoms with E-state index in [1.165, 1.54) is 28.7 Å². The molecule has 0 aliphatic heterocycles. The first-order valence-corrected chi connectivity index (χ1v) is 14.3. The van der Waals surface area contributed by atoms with Gasteiger partial charge in [0.05, 0.1) is 18.3 Å². The molecule has 2 fully saturated rings. The molecule has 1 N–H and O–H groups in total. The van der Waals surface area contributed by atoms with E-state index in [4.69, 9.17) is 9.47 Å². The average molecular weight is 509 g/mol. The second-order valence-corrected chi connectivity index (χ2v) is 12.1. The standard InChI is InChI=1S/C35H40O3/c1-3-20-35(36)24-34(2)31(18-19-32(34)38-23-26-12-8-5-9-13-26)30-16-14-27-21-28(15-17-29(27)33(30)35)37-22-25-10-6-4-7-11-25/h3-13,15,17,21,30-33,36H,1,14,16,18-20,22-24H2,2H3/t30-,31-,32?,33+,34-,35-/m0/s1. The van der Waals surface area contributed by atoms with Gasteiger partial charge in [-0.15, -0.1) is 6.58 Å². The van der Waals surface area contributed by atoms with E-state index < -0.39 is 5.60 Å². The monoisotopic (exact) mass is 508 g/mol. The summed E-state index contributed by atoms with van der Waals surface area (Å²) in [4.78, 5) is 0. The first-order chi connectivity index (χ1) is 18.5. The molecule has 1 unspecified atom stereocenters. The molecule has 6 atom stereocenters. The molecule has 0 amide bonds. The van der Waals surface area contributed by atoms with Crippen LogP contribution in [-0.2, 0) is 24.4 Å². The van der Waals surface area contributed by atoms with Crippen molar-refractivity contribution in [2.75, 3.05) is 0 Å². The second kappa shape index (κ2) is 10.4. The van der Waals surface area contributed by atoms with Crippen molar-refractivity contribution < 1.29 is 14.6 Å². The van der Waals surface area contributed by atoms with Gasteiger partial charge in [0.25, 0.3) is 0 Å². The van der Waals surface area contributed by atoms with Crippen LogP contribution in [0.2, 0.25) is 0 Å². The number of rotatable bonds is 8. The molecule has 198 valence electrons. The summed E-state index contributed by atoms with van der Waals surface area (Å²) in [7, 11) is 0. The van der Waals surface area contributed by atoms with Crippen molar-refractivity contribution in [3.63, 3.8) is 0 Å². The van der Waals surface area contributed by atoms with Crippen LogP contribution in [0.5, 0.6) is 5.75 Å². The first kappa shape index (κ1) is 25.4. The molecule has 0 radical (unpaired) electrons. The fourth-order valence-corrected chi connectivity index (χ4v) is 8.21. The SMILES string of the molecule is C=CC[C@]1(O)C[C@]2(C)C(OCc3ccccc3)CC[C@H]2[C@@H]2CCc3cc(OCc4ccccc4)ccc3[C@H]21. The lowest BCUT2D eigenvalue weighted by molar-refractivity contribution is -0.151. The highest BCUT2D eigenvalue weighted by Crippen LogP contribution is 2.65. The maximum Gasteiger partial charge on any atom is 0.120 e. The lowest BCUT2D eigenvalue weighted by atomic mass is 9.49. The van der Waals surface area contributed by atoms with E-state index >= 15 is 0 Å². The summed E-state index contributed by atoms with van der Waals surface area (Å²) in [6.45, 7) is 7.64. The lowest BCUT2D eigenvalue weighted by Gasteiger charge is -2.58. The smallest absolute Gasteiger partial charge is 0.120 e. The predicted molar refractivity (Wildman–Crippen MR) is 152 cm³/mol. The number of fused-ring (bicyclic) bond motifs is 5. The minimum atomic E-state index is -0.821. The molecular formula is C35H40O3. The van der Waals surface area contributed by atoms with Gasteiger partial charge in [0.1, 0.15) is 12.4 Å². The molecule has 3 aliphatic carbocycles. The number of hydrogen-bond acceptors (Lipinski definition) is 3. The molecular weight excluding hydrogens is 468 g/mol. The average Bonchev–Trinajstić information content (AvgIpc) is 3.26. The Morgan fingerprint density at radius 3 is 2.34 bits per heavy atom. The molecule has 3 aromatic rings. The number of aryl methyl sites for hydroxylation is 1. The van der Waals surface area contributed by atoms with Gasteiger partial charge in [0.2, 0.25) is 0 Å². The number of benzene rings is 3. The van der Waals surface area contributed by atoms with Gasteiger partial charge in [-0.25, -0.2) is 0 Å². The van der Waals surface area contributed by atoms with Crippen LogP contribution in [0.1, 0.15) is 67.2 Å². The van der Waals surface area contributed by atoms with Crippen LogP contribution in [0.4, 0.5) is 0 Å². The molecule has 3 heteroatoms. The van der Waals surface area contributed by atoms with E-state index in [0.29, 0.717) is 31.5 Å². The molecule has 3 aromatic carbocycles. The molecule has 6 rings (SSSR count). The summed E-state index contributed by atoms with van der Waals surface area (Å²) in [6.07, 6.45) is 7.82. The van der Waals surface area contributed by atoms with Crippen molar-refractivity contribution in [2.24, 2.45) is 17.3 Å². The normalized spacial score (nSPS) is 31.6. The third-order valence-electron chi connectivity index (χ3n) is 9.77. The first-order valence-electron chi connectivity index (χ1n) is 14.3. The fraction of sp³-hybridized carbons (Fsp3) is 0.429. The van der Waals surface area contributed by atoms with Gasteiger partial charge in [-0.2, -0.15) is 0 Å². The largest absolute Gasteiger partial charge is 0.489 e. The molecule has 3 nitrogen and oxygen atoms in total. The highest BCUT2D eigenvalue weighted by molar-refractivity contribution is 5.43. The Morgan fingerprint density at radius 1 is 0.921 bits per heavy atom. The third kappa shape index (κ3) is 4.61. The van der Waals surface area contributed by atoms with Gasteiger partial charge in [0, 0.05) is 5.92 Å². The summed E-state index contributed by atoms with van der Waals surface area (Å²) in [5, 5.41) is 12.4. The molecule has 0 bridgehead atoms. The molecule has 3 aliphatic rings. The van der Waals surface area contributed by atoms with E-state index in [-0.39, 0.29) is 17.4 Å². The Balaban J connectivity index is 1.25. The van der Waals surface area contributed by atoms with E-state index in [0.717, 1.165) is 31.4 Å². The zero-order chi connectivity index (χ0) is 26.2. The molecule has 0 saturated heterocycles. The Kier molecular flexibility index (Phi) is 6.92. The van der Waals surface area contributed by atoms with Gasteiger partial charge < -0.3 is 14.6 Å². The predicted octanol–water partition coefficient (Wildman–Crippen LogP) is 7.62. The summed E-state index contributed by atoms with van der Waals surface area (Å²) in [5.41, 5.74) is 4.17. The van der Waals surface area contributed by atoms with Gasteiger partial charge in [-0.05, 0) is 90.2 Å². The number of ether oxygens (including phenoxy) is 2. The van der Waals surface area contributed by atoms with E-state index in [1.54, 1.807) is 0 Å². The van der Waals surface area contributed by atoms with Gasteiger partial charge in [0.15, 0.2) is 0 Å². The summed E-state index contributed by atoms with van der Waals surface area (Å²) >= 11 is 0. The molecule has 2 saturated carbocycles. The number of aliphatic hydroxyl groups is 1. The van der Waals surface area contributed by atoms with Crippen molar-refractivity contribution in [3.05, 3.63) is 114 Å². The molecule has 0 spiro atoms. The number of hydrogen-bond donors (Lipinski definition) is 1. The van der Waals surface area contributed by atoms with E-state index in [1.807, 2.05) is 30.3 Å². The second-order valence-electron chi connectivity index (χ2n) is 12.1. The topological polar surface area (TPSA) is 38.7 Å². The van der Waals surface area contributed by atoms with E-state index in [9.17, 15) is 5.11 Å². The third-order valence-corrected chi connectivity index (χ3v) is 9.77. The highest BCUT2D eigenvalue weighted by atomic mass is 16.5. The van der Waals surface area contributed by atoms with Gasteiger partial charge >= 0.3 is 0 Å². The van der Waals surface area contributed by atoms with Crippen molar-refractivity contribution >= 4 is 0 Å². The zero-order valence-corrected chi connectivity index (χ0v) is 22.5. The van der Waals surface area contributed by atoms with Crippen LogP contribution < -0.4 is 4.74 Å². The van der Waals surface area contributed by atoms with Crippen molar-refractivity contribution in [1.29, 1.82) is 0 Å². The quantitative estimate of drug-likeness (QED) is 0.318. The van der Waals surface area contributed by atoms with Crippen molar-refractivity contribution in [2.45, 2.75) is 76.3 Å². The summed E-state index contributed by atoms with van der Waals surface area (Å²) in [5.74, 6) is 2.04. The van der Waals surface area contributed by atoms with Gasteiger partial charge in [-0.3, -0.25) is 0 Å². The van der Waals surface area contributed by atoms with Crippen LogP contribution in [0.25, 0.3) is 0 Å². The Hall–Kier alpha value is -2.88. The van der Waals surface area contributed by atoms with Crippen molar-refractivity contribution in [3.8, 4) is 5.75 Å². The van der Waals surface area contributed by atoms with Crippen LogP contribution in [0.3, 0.4) is 0 Å². The highest BCUT2D eigenvalue weighted by Gasteiger charge is 2.62. The Labute approximate surface area is 227 Å². The minimum Gasteiger partial charge on any atom is -0.489 e.